The lowest BCUT2D eigenvalue weighted by Crippen LogP contribution is -2.38. The summed E-state index contributed by atoms with van der Waals surface area (Å²) in [5.41, 5.74) is 5.41. The molecule has 146 valence electrons. The van der Waals surface area contributed by atoms with E-state index in [1.807, 2.05) is 11.8 Å². The summed E-state index contributed by atoms with van der Waals surface area (Å²) in [4.78, 5) is 24.0. The Labute approximate surface area is 167 Å². The molecule has 3 aromatic heterocycles. The first-order valence-corrected chi connectivity index (χ1v) is 11.0. The van der Waals surface area contributed by atoms with Gasteiger partial charge in [-0.25, -0.2) is 14.6 Å². The standard InChI is InChI=1S/C20H24N6OS/c1-13-8-17-19(24(13)2)20(22-12-21-17)25-6-3-4-15(25)10-26-18(27)9-14-11-28-7-5-16(14)23-26/h8-9,12,15H,3-7,10-11H2,1-2H3. The van der Waals surface area contributed by atoms with E-state index < -0.39 is 0 Å². The molecule has 0 saturated carbocycles. The van der Waals surface area contributed by atoms with E-state index in [0.717, 1.165) is 71.1 Å². The number of rotatable bonds is 3. The number of fused-ring (bicyclic) bond motifs is 2. The lowest BCUT2D eigenvalue weighted by atomic mass is 10.2. The highest BCUT2D eigenvalue weighted by atomic mass is 32.2. The SMILES string of the molecule is Cc1cc2ncnc(N3CCCC3Cn3nc4c(cc3=O)CSCC4)c2n1C. The van der Waals surface area contributed by atoms with Gasteiger partial charge in [-0.1, -0.05) is 0 Å². The number of aryl methyl sites for hydroxylation is 3. The predicted molar refractivity (Wildman–Crippen MR) is 112 cm³/mol. The summed E-state index contributed by atoms with van der Waals surface area (Å²) in [5, 5.41) is 4.71. The van der Waals surface area contributed by atoms with Gasteiger partial charge in [-0.15, -0.1) is 0 Å². The van der Waals surface area contributed by atoms with E-state index in [1.165, 1.54) is 0 Å². The largest absolute Gasteiger partial charge is 0.350 e. The first kappa shape index (κ1) is 17.7. The molecule has 0 spiro atoms. The van der Waals surface area contributed by atoms with Crippen LogP contribution in [-0.4, -0.2) is 42.7 Å². The molecule has 0 N–H and O–H groups in total. The highest BCUT2D eigenvalue weighted by Gasteiger charge is 2.29. The van der Waals surface area contributed by atoms with Crippen LogP contribution in [0.5, 0.6) is 0 Å². The molecular weight excluding hydrogens is 372 g/mol. The fourth-order valence-electron chi connectivity index (χ4n) is 4.38. The minimum atomic E-state index is 0.00986. The van der Waals surface area contributed by atoms with Gasteiger partial charge in [0.05, 0.1) is 23.8 Å². The maximum Gasteiger partial charge on any atom is 0.267 e. The third kappa shape index (κ3) is 2.90. The zero-order valence-corrected chi connectivity index (χ0v) is 17.1. The van der Waals surface area contributed by atoms with Crippen LogP contribution in [0.3, 0.4) is 0 Å². The zero-order chi connectivity index (χ0) is 19.3. The van der Waals surface area contributed by atoms with Crippen molar-refractivity contribution in [3.05, 3.63) is 45.8 Å². The molecule has 1 unspecified atom stereocenters. The molecule has 0 radical (unpaired) electrons. The van der Waals surface area contributed by atoms with E-state index in [1.54, 1.807) is 17.1 Å². The van der Waals surface area contributed by atoms with Crippen molar-refractivity contribution in [3.63, 3.8) is 0 Å². The molecule has 1 fully saturated rings. The second kappa shape index (κ2) is 6.92. The van der Waals surface area contributed by atoms with Gasteiger partial charge in [0.2, 0.25) is 0 Å². The summed E-state index contributed by atoms with van der Waals surface area (Å²) in [6, 6.07) is 4.10. The molecule has 0 bridgehead atoms. The van der Waals surface area contributed by atoms with E-state index in [2.05, 4.69) is 39.5 Å². The predicted octanol–water partition coefficient (Wildman–Crippen LogP) is 2.29. The topological polar surface area (TPSA) is 68.8 Å². The van der Waals surface area contributed by atoms with Gasteiger partial charge in [0.15, 0.2) is 5.82 Å². The van der Waals surface area contributed by atoms with Crippen molar-refractivity contribution in [3.8, 4) is 0 Å². The summed E-state index contributed by atoms with van der Waals surface area (Å²) in [7, 11) is 2.06. The van der Waals surface area contributed by atoms with E-state index in [0.29, 0.717) is 6.54 Å². The zero-order valence-electron chi connectivity index (χ0n) is 16.3. The van der Waals surface area contributed by atoms with Crippen molar-refractivity contribution in [2.75, 3.05) is 17.2 Å². The molecule has 7 nitrogen and oxygen atoms in total. The number of anilines is 1. The molecular formula is C20H24N6OS. The van der Waals surface area contributed by atoms with Crippen molar-refractivity contribution in [2.45, 2.75) is 44.5 Å². The van der Waals surface area contributed by atoms with E-state index >= 15 is 0 Å². The monoisotopic (exact) mass is 396 g/mol. The molecule has 28 heavy (non-hydrogen) atoms. The van der Waals surface area contributed by atoms with Crippen LogP contribution in [0.4, 0.5) is 5.82 Å². The second-order valence-electron chi connectivity index (χ2n) is 7.70. The molecule has 5 heterocycles. The third-order valence-electron chi connectivity index (χ3n) is 5.98. The van der Waals surface area contributed by atoms with Gasteiger partial charge in [0.25, 0.3) is 5.56 Å². The first-order valence-electron chi connectivity index (χ1n) is 9.83. The molecule has 2 aliphatic rings. The summed E-state index contributed by atoms with van der Waals surface area (Å²) in [5.74, 6) is 2.95. The maximum atomic E-state index is 12.6. The molecule has 5 rings (SSSR count). The molecule has 0 aliphatic carbocycles. The molecule has 3 aromatic rings. The molecule has 0 aromatic carbocycles. The number of nitrogens with zero attached hydrogens (tertiary/aromatic N) is 6. The number of aromatic nitrogens is 5. The van der Waals surface area contributed by atoms with Gasteiger partial charge >= 0.3 is 0 Å². The van der Waals surface area contributed by atoms with Crippen LogP contribution >= 0.6 is 11.8 Å². The van der Waals surface area contributed by atoms with E-state index in [4.69, 9.17) is 5.10 Å². The molecule has 1 atom stereocenters. The Hall–Kier alpha value is -2.35. The lowest BCUT2D eigenvalue weighted by molar-refractivity contribution is 0.480. The molecule has 1 saturated heterocycles. The van der Waals surface area contributed by atoms with Crippen LogP contribution in [0.2, 0.25) is 0 Å². The summed E-state index contributed by atoms with van der Waals surface area (Å²) in [6.45, 7) is 3.63. The van der Waals surface area contributed by atoms with Crippen LogP contribution in [0, 0.1) is 6.92 Å². The highest BCUT2D eigenvalue weighted by molar-refractivity contribution is 7.98. The van der Waals surface area contributed by atoms with Gasteiger partial charge in [0, 0.05) is 37.5 Å². The van der Waals surface area contributed by atoms with Crippen LogP contribution in [0.25, 0.3) is 11.0 Å². The van der Waals surface area contributed by atoms with Crippen molar-refractivity contribution in [1.82, 2.24) is 24.3 Å². The molecule has 0 amide bonds. The summed E-state index contributed by atoms with van der Waals surface area (Å²) >= 11 is 1.87. The number of hydrogen-bond acceptors (Lipinski definition) is 6. The summed E-state index contributed by atoms with van der Waals surface area (Å²) < 4.78 is 3.83. The van der Waals surface area contributed by atoms with Crippen molar-refractivity contribution >= 4 is 28.6 Å². The second-order valence-corrected chi connectivity index (χ2v) is 8.81. The van der Waals surface area contributed by atoms with E-state index in [-0.39, 0.29) is 11.6 Å². The van der Waals surface area contributed by atoms with Crippen LogP contribution in [0.1, 0.15) is 29.8 Å². The Morgan fingerprint density at radius 2 is 2.18 bits per heavy atom. The van der Waals surface area contributed by atoms with Gasteiger partial charge in [-0.05, 0) is 37.1 Å². The van der Waals surface area contributed by atoms with Gasteiger partial charge in [-0.2, -0.15) is 16.9 Å². The molecule has 2 aliphatic heterocycles. The number of hydrogen-bond donors (Lipinski definition) is 0. The smallest absolute Gasteiger partial charge is 0.267 e. The minimum Gasteiger partial charge on any atom is -0.350 e. The van der Waals surface area contributed by atoms with Gasteiger partial charge < -0.3 is 9.47 Å². The number of thioether (sulfide) groups is 1. The fourth-order valence-corrected chi connectivity index (χ4v) is 5.33. The Morgan fingerprint density at radius 3 is 3.07 bits per heavy atom. The summed E-state index contributed by atoms with van der Waals surface area (Å²) in [6.07, 6.45) is 4.73. The van der Waals surface area contributed by atoms with Gasteiger partial charge in [0.1, 0.15) is 11.8 Å². The average molecular weight is 397 g/mol. The maximum absolute atomic E-state index is 12.6. The van der Waals surface area contributed by atoms with Crippen LogP contribution in [0.15, 0.2) is 23.3 Å². The molecule has 8 heteroatoms. The normalized spacial score (nSPS) is 19.4. The Balaban J connectivity index is 1.50. The van der Waals surface area contributed by atoms with Crippen molar-refractivity contribution < 1.29 is 0 Å². The third-order valence-corrected chi connectivity index (χ3v) is 6.99. The average Bonchev–Trinajstić information content (AvgIpc) is 3.27. The first-order chi connectivity index (χ1) is 13.6. The van der Waals surface area contributed by atoms with Crippen molar-refractivity contribution in [2.24, 2.45) is 7.05 Å². The van der Waals surface area contributed by atoms with E-state index in [9.17, 15) is 4.79 Å². The minimum absolute atomic E-state index is 0.00986. The fraction of sp³-hybridized carbons (Fsp3) is 0.500. The highest BCUT2D eigenvalue weighted by Crippen LogP contribution is 2.31. The van der Waals surface area contributed by atoms with Crippen LogP contribution < -0.4 is 10.5 Å². The Kier molecular flexibility index (Phi) is 4.38. The van der Waals surface area contributed by atoms with Crippen molar-refractivity contribution in [1.29, 1.82) is 0 Å². The lowest BCUT2D eigenvalue weighted by Gasteiger charge is -2.27. The quantitative estimate of drug-likeness (QED) is 0.677. The Bertz CT molecular complexity index is 1100. The van der Waals surface area contributed by atoms with Crippen LogP contribution in [-0.2, 0) is 25.8 Å². The van der Waals surface area contributed by atoms with Gasteiger partial charge in [-0.3, -0.25) is 4.79 Å². The Morgan fingerprint density at radius 1 is 1.29 bits per heavy atom.